The molecule has 0 spiro atoms. The maximum Gasteiger partial charge on any atom is 0.131 e. The fourth-order valence-corrected chi connectivity index (χ4v) is 5.49. The summed E-state index contributed by atoms with van der Waals surface area (Å²) in [5.41, 5.74) is 7.81. The minimum Gasteiger partial charge on any atom is -0.488 e. The van der Waals surface area contributed by atoms with Crippen LogP contribution in [0.25, 0.3) is 22.3 Å². The molecule has 0 aromatic heterocycles. The normalized spacial score (nSPS) is 10.9. The zero-order valence-corrected chi connectivity index (χ0v) is 24.4. The topological polar surface area (TPSA) is 9.23 Å². The molecule has 0 saturated carbocycles. The Kier molecular flexibility index (Phi) is 8.80. The second-order valence-electron chi connectivity index (χ2n) is 8.31. The number of rotatable bonds is 7. The lowest BCUT2D eigenvalue weighted by molar-refractivity contribution is 0.307. The number of halogens is 2. The van der Waals surface area contributed by atoms with Crippen LogP contribution in [0.15, 0.2) is 133 Å². The summed E-state index contributed by atoms with van der Waals surface area (Å²) in [5, 5.41) is 0. The van der Waals surface area contributed by atoms with Crippen LogP contribution in [0.1, 0.15) is 16.7 Å². The van der Waals surface area contributed by atoms with Crippen LogP contribution in [0.5, 0.6) is 5.75 Å². The Hall–Kier alpha value is -2.71. The molecule has 5 aromatic carbocycles. The third kappa shape index (κ3) is 5.65. The van der Waals surface area contributed by atoms with Gasteiger partial charge in [0.05, 0.1) is 0 Å². The van der Waals surface area contributed by atoms with Gasteiger partial charge in [-0.2, -0.15) is 9.90 Å². The average molecular weight is 618 g/mol. The Balaban J connectivity index is 0.00000304. The Morgan fingerprint density at radius 1 is 0.528 bits per heavy atom. The molecule has 1 nitrogen and oxygen atoms in total. The van der Waals surface area contributed by atoms with Crippen LogP contribution in [0.2, 0.25) is 0 Å². The maximum atomic E-state index is 6.48. The lowest BCUT2D eigenvalue weighted by atomic mass is 9.87. The molecule has 0 aliphatic carbocycles. The summed E-state index contributed by atoms with van der Waals surface area (Å²) >= 11 is 8.06. The number of alkyl halides is 2. The first-order chi connectivity index (χ1) is 17.1. The standard InChI is InChI=1S/C32H24Br2O.H3P/c33-32(34,27-19-11-4-12-20-27)28-21-22-29(35-23-24-13-5-1-6-14-24)31(26-17-9-3-10-18-26)30(28)25-15-7-2-8-16-25;/h1-22H,23H2;1H3. The summed E-state index contributed by atoms with van der Waals surface area (Å²) in [6, 6.07) is 46.0. The highest BCUT2D eigenvalue weighted by Crippen LogP contribution is 2.52. The quantitative estimate of drug-likeness (QED) is 0.130. The Morgan fingerprint density at radius 2 is 1.00 bits per heavy atom. The zero-order valence-electron chi connectivity index (χ0n) is 19.8. The van der Waals surface area contributed by atoms with E-state index in [-0.39, 0.29) is 9.90 Å². The van der Waals surface area contributed by atoms with Crippen LogP contribution < -0.4 is 4.74 Å². The fourth-order valence-electron chi connectivity index (χ4n) is 4.30. The van der Waals surface area contributed by atoms with Gasteiger partial charge in [0.25, 0.3) is 0 Å². The number of hydrogen-bond acceptors (Lipinski definition) is 1. The molecular weight excluding hydrogens is 591 g/mol. The van der Waals surface area contributed by atoms with Crippen molar-refractivity contribution in [2.24, 2.45) is 0 Å². The van der Waals surface area contributed by atoms with Gasteiger partial charge in [0, 0.05) is 5.56 Å². The SMILES string of the molecule is BrC(Br)(c1ccccc1)c1ccc(OCc2ccccc2)c(-c2ccccc2)c1-c1ccccc1.P. The van der Waals surface area contributed by atoms with Gasteiger partial charge in [-0.25, -0.2) is 0 Å². The Bertz CT molecular complexity index is 1390. The van der Waals surface area contributed by atoms with E-state index in [9.17, 15) is 0 Å². The molecule has 180 valence electrons. The minimum atomic E-state index is -0.575. The first-order valence-corrected chi connectivity index (χ1v) is 13.1. The molecule has 0 bridgehead atoms. The molecule has 0 aliphatic rings. The highest BCUT2D eigenvalue weighted by Gasteiger charge is 2.33. The van der Waals surface area contributed by atoms with Crippen LogP contribution in [0.4, 0.5) is 0 Å². The Morgan fingerprint density at radius 3 is 1.56 bits per heavy atom. The van der Waals surface area contributed by atoms with Crippen molar-refractivity contribution in [3.63, 3.8) is 0 Å². The van der Waals surface area contributed by atoms with Crippen molar-refractivity contribution in [3.05, 3.63) is 150 Å². The van der Waals surface area contributed by atoms with Crippen molar-refractivity contribution in [2.75, 3.05) is 0 Å². The first kappa shape index (κ1) is 26.4. The van der Waals surface area contributed by atoms with Crippen molar-refractivity contribution in [2.45, 2.75) is 9.84 Å². The van der Waals surface area contributed by atoms with Gasteiger partial charge in [-0.3, -0.25) is 0 Å². The van der Waals surface area contributed by atoms with E-state index >= 15 is 0 Å². The van der Waals surface area contributed by atoms with Crippen molar-refractivity contribution in [1.82, 2.24) is 0 Å². The number of ether oxygens (including phenoxy) is 1. The molecule has 36 heavy (non-hydrogen) atoms. The summed E-state index contributed by atoms with van der Waals surface area (Å²) in [6.45, 7) is 0.501. The van der Waals surface area contributed by atoms with E-state index in [4.69, 9.17) is 4.74 Å². The number of hydrogen-bond donors (Lipinski definition) is 0. The molecule has 0 N–H and O–H groups in total. The van der Waals surface area contributed by atoms with Crippen molar-refractivity contribution >= 4 is 41.8 Å². The highest BCUT2D eigenvalue weighted by molar-refractivity contribution is 9.25. The highest BCUT2D eigenvalue weighted by atomic mass is 79.9. The molecule has 0 radical (unpaired) electrons. The van der Waals surface area contributed by atoms with E-state index in [1.54, 1.807) is 0 Å². The maximum absolute atomic E-state index is 6.48. The van der Waals surface area contributed by atoms with Gasteiger partial charge in [-0.1, -0.05) is 159 Å². The van der Waals surface area contributed by atoms with E-state index in [0.717, 1.165) is 44.7 Å². The summed E-state index contributed by atoms with van der Waals surface area (Å²) in [7, 11) is 0. The largest absolute Gasteiger partial charge is 0.488 e. The fraction of sp³-hybridized carbons (Fsp3) is 0.0625. The predicted molar refractivity (Wildman–Crippen MR) is 164 cm³/mol. The van der Waals surface area contributed by atoms with Crippen LogP contribution in [0.3, 0.4) is 0 Å². The van der Waals surface area contributed by atoms with E-state index in [1.165, 1.54) is 0 Å². The van der Waals surface area contributed by atoms with Gasteiger partial charge < -0.3 is 4.74 Å². The zero-order chi connectivity index (χ0) is 24.1. The summed E-state index contributed by atoms with van der Waals surface area (Å²) in [6.07, 6.45) is 0. The van der Waals surface area contributed by atoms with Crippen molar-refractivity contribution < 1.29 is 4.74 Å². The predicted octanol–water partition coefficient (Wildman–Crippen LogP) is 9.65. The van der Waals surface area contributed by atoms with Crippen LogP contribution in [-0.2, 0) is 9.84 Å². The molecule has 5 rings (SSSR count). The smallest absolute Gasteiger partial charge is 0.131 e. The number of benzene rings is 5. The van der Waals surface area contributed by atoms with E-state index in [2.05, 4.69) is 129 Å². The summed E-state index contributed by atoms with van der Waals surface area (Å²) in [4.78, 5) is 0. The van der Waals surface area contributed by atoms with Crippen molar-refractivity contribution in [1.29, 1.82) is 0 Å². The molecule has 0 fully saturated rings. The second kappa shape index (κ2) is 12.0. The lowest BCUT2D eigenvalue weighted by Gasteiger charge is -2.28. The molecule has 1 unspecified atom stereocenters. The third-order valence-electron chi connectivity index (χ3n) is 6.00. The van der Waals surface area contributed by atoms with Gasteiger partial charge in [0.1, 0.15) is 15.6 Å². The van der Waals surface area contributed by atoms with Gasteiger partial charge in [-0.15, -0.1) is 0 Å². The van der Waals surface area contributed by atoms with Gasteiger partial charge in [0.15, 0.2) is 0 Å². The van der Waals surface area contributed by atoms with E-state index in [1.807, 2.05) is 36.4 Å². The molecule has 0 saturated heterocycles. The first-order valence-electron chi connectivity index (χ1n) is 11.5. The molecule has 0 aliphatic heterocycles. The van der Waals surface area contributed by atoms with E-state index in [0.29, 0.717) is 6.61 Å². The molecule has 4 heteroatoms. The molecule has 0 amide bonds. The summed E-state index contributed by atoms with van der Waals surface area (Å²) < 4.78 is 5.91. The molecule has 0 heterocycles. The average Bonchev–Trinajstić information content (AvgIpc) is 2.93. The summed E-state index contributed by atoms with van der Waals surface area (Å²) in [5.74, 6) is 0.853. The van der Waals surface area contributed by atoms with Gasteiger partial charge in [0.2, 0.25) is 0 Å². The molecule has 1 atom stereocenters. The van der Waals surface area contributed by atoms with Crippen molar-refractivity contribution in [3.8, 4) is 28.0 Å². The van der Waals surface area contributed by atoms with Crippen LogP contribution in [0, 0.1) is 0 Å². The monoisotopic (exact) mass is 616 g/mol. The van der Waals surface area contributed by atoms with Crippen LogP contribution in [-0.4, -0.2) is 0 Å². The Labute approximate surface area is 233 Å². The molecule has 5 aromatic rings. The van der Waals surface area contributed by atoms with Gasteiger partial charge in [-0.05, 0) is 39.4 Å². The van der Waals surface area contributed by atoms with Gasteiger partial charge >= 0.3 is 0 Å². The molecular formula is C32H27Br2OP. The minimum absolute atomic E-state index is 0. The second-order valence-corrected chi connectivity index (χ2v) is 11.8. The third-order valence-corrected chi connectivity index (χ3v) is 7.77. The lowest BCUT2D eigenvalue weighted by Crippen LogP contribution is -2.13. The van der Waals surface area contributed by atoms with E-state index < -0.39 is 3.23 Å². The van der Waals surface area contributed by atoms with Crippen LogP contribution >= 0.6 is 41.8 Å².